The minimum Gasteiger partial charge on any atom is -0.349 e. The summed E-state index contributed by atoms with van der Waals surface area (Å²) < 4.78 is 14.9. The molecule has 1 amide bonds. The van der Waals surface area contributed by atoms with Crippen molar-refractivity contribution in [1.82, 2.24) is 30.5 Å². The molecular formula is C16H17FN6OS. The van der Waals surface area contributed by atoms with Gasteiger partial charge in [-0.15, -0.1) is 16.4 Å². The van der Waals surface area contributed by atoms with Crippen LogP contribution in [0.5, 0.6) is 0 Å². The molecule has 2 heterocycles. The van der Waals surface area contributed by atoms with E-state index in [1.165, 1.54) is 28.2 Å². The monoisotopic (exact) mass is 360 g/mol. The summed E-state index contributed by atoms with van der Waals surface area (Å²) in [6.07, 6.45) is 2.03. The van der Waals surface area contributed by atoms with E-state index in [-0.39, 0.29) is 18.1 Å². The number of carbonyl (C=O) groups excluding carboxylic acids is 1. The number of aromatic nitrogens is 5. The van der Waals surface area contributed by atoms with E-state index in [1.807, 2.05) is 6.92 Å². The van der Waals surface area contributed by atoms with Crippen molar-refractivity contribution in [2.45, 2.75) is 32.9 Å². The van der Waals surface area contributed by atoms with Crippen LogP contribution in [0.25, 0.3) is 0 Å². The van der Waals surface area contributed by atoms with E-state index in [0.29, 0.717) is 17.9 Å². The fraction of sp³-hybridized carbons (Fsp3) is 0.312. The highest BCUT2D eigenvalue weighted by Gasteiger charge is 2.24. The molecule has 9 heteroatoms. The predicted octanol–water partition coefficient (Wildman–Crippen LogP) is 1.99. The van der Waals surface area contributed by atoms with Gasteiger partial charge in [0.2, 0.25) is 5.91 Å². The zero-order valence-electron chi connectivity index (χ0n) is 13.8. The second kappa shape index (κ2) is 7.47. The highest BCUT2D eigenvalue weighted by atomic mass is 32.1. The third-order valence-electron chi connectivity index (χ3n) is 3.68. The van der Waals surface area contributed by atoms with Crippen molar-refractivity contribution >= 4 is 17.2 Å². The third kappa shape index (κ3) is 4.24. The Bertz CT molecular complexity index is 877. The molecule has 0 radical (unpaired) electrons. The number of hydrogen-bond donors (Lipinski definition) is 1. The van der Waals surface area contributed by atoms with Gasteiger partial charge in [0, 0.05) is 17.5 Å². The van der Waals surface area contributed by atoms with Crippen molar-refractivity contribution in [3.05, 3.63) is 57.6 Å². The minimum absolute atomic E-state index is 0.231. The lowest BCUT2D eigenvalue weighted by Crippen LogP contribution is -2.34. The maximum atomic E-state index is 13.5. The number of amides is 1. The Hall–Kier alpha value is -2.68. The maximum Gasteiger partial charge on any atom is 0.245 e. The molecule has 25 heavy (non-hydrogen) atoms. The number of hydrogen-bond acceptors (Lipinski definition) is 6. The topological polar surface area (TPSA) is 85.6 Å². The van der Waals surface area contributed by atoms with Gasteiger partial charge in [0.15, 0.2) is 0 Å². The SMILES string of the molecule is Cc1ncc(CNC(=O)C(Cc2cccc(F)c2)n2nnnc2C)s1. The smallest absolute Gasteiger partial charge is 0.245 e. The number of rotatable bonds is 6. The molecule has 0 aliphatic carbocycles. The third-order valence-corrected chi connectivity index (χ3v) is 4.59. The van der Waals surface area contributed by atoms with Gasteiger partial charge in [-0.25, -0.2) is 14.1 Å². The Kier molecular flexibility index (Phi) is 5.13. The molecule has 0 fully saturated rings. The van der Waals surface area contributed by atoms with Gasteiger partial charge in [0.1, 0.15) is 17.7 Å². The molecule has 0 aliphatic heterocycles. The molecule has 0 saturated carbocycles. The maximum absolute atomic E-state index is 13.5. The summed E-state index contributed by atoms with van der Waals surface area (Å²) in [6.45, 7) is 4.01. The Labute approximate surface area is 147 Å². The van der Waals surface area contributed by atoms with Crippen LogP contribution in [0.15, 0.2) is 30.5 Å². The molecule has 0 saturated heterocycles. The number of benzene rings is 1. The molecule has 1 unspecified atom stereocenters. The second-order valence-electron chi connectivity index (χ2n) is 5.58. The van der Waals surface area contributed by atoms with Crippen LogP contribution in [0.2, 0.25) is 0 Å². The van der Waals surface area contributed by atoms with Gasteiger partial charge in [-0.05, 0) is 42.0 Å². The van der Waals surface area contributed by atoms with Gasteiger partial charge in [-0.1, -0.05) is 12.1 Å². The van der Waals surface area contributed by atoms with Gasteiger partial charge in [-0.2, -0.15) is 0 Å². The van der Waals surface area contributed by atoms with E-state index in [1.54, 1.807) is 25.3 Å². The number of tetrazole rings is 1. The van der Waals surface area contributed by atoms with Crippen molar-refractivity contribution < 1.29 is 9.18 Å². The number of carbonyl (C=O) groups is 1. The molecule has 7 nitrogen and oxygen atoms in total. The quantitative estimate of drug-likeness (QED) is 0.726. The van der Waals surface area contributed by atoms with E-state index in [2.05, 4.69) is 25.8 Å². The standard InChI is InChI=1S/C16H17FN6OS/c1-10-20-21-22-23(10)15(7-12-4-3-5-13(17)6-12)16(24)19-9-14-8-18-11(2)25-14/h3-6,8,15H,7,9H2,1-2H3,(H,19,24). The molecule has 3 aromatic rings. The van der Waals surface area contributed by atoms with Crippen LogP contribution >= 0.6 is 11.3 Å². The summed E-state index contributed by atoms with van der Waals surface area (Å²) in [4.78, 5) is 17.9. The predicted molar refractivity (Wildman–Crippen MR) is 90.4 cm³/mol. The van der Waals surface area contributed by atoms with Crippen molar-refractivity contribution in [3.8, 4) is 0 Å². The molecule has 130 valence electrons. The van der Waals surface area contributed by atoms with Crippen LogP contribution < -0.4 is 5.32 Å². The summed E-state index contributed by atoms with van der Waals surface area (Å²) in [5, 5.41) is 15.2. The number of nitrogens with one attached hydrogen (secondary N) is 1. The molecule has 2 aromatic heterocycles. The lowest BCUT2D eigenvalue weighted by atomic mass is 10.1. The largest absolute Gasteiger partial charge is 0.349 e. The lowest BCUT2D eigenvalue weighted by molar-refractivity contribution is -0.124. The molecule has 0 bridgehead atoms. The van der Waals surface area contributed by atoms with E-state index in [4.69, 9.17) is 0 Å². The number of halogens is 1. The minimum atomic E-state index is -0.661. The number of nitrogens with zero attached hydrogens (tertiary/aromatic N) is 5. The van der Waals surface area contributed by atoms with Gasteiger partial charge in [0.25, 0.3) is 0 Å². The summed E-state index contributed by atoms with van der Waals surface area (Å²) in [7, 11) is 0. The summed E-state index contributed by atoms with van der Waals surface area (Å²) in [6, 6.07) is 5.51. The van der Waals surface area contributed by atoms with E-state index >= 15 is 0 Å². The van der Waals surface area contributed by atoms with Crippen LogP contribution in [0.1, 0.15) is 27.3 Å². The van der Waals surface area contributed by atoms with E-state index in [9.17, 15) is 9.18 Å². The highest BCUT2D eigenvalue weighted by molar-refractivity contribution is 7.11. The zero-order valence-corrected chi connectivity index (χ0v) is 14.6. The van der Waals surface area contributed by atoms with Crippen molar-refractivity contribution in [2.75, 3.05) is 0 Å². The average Bonchev–Trinajstić information content (AvgIpc) is 3.19. The van der Waals surface area contributed by atoms with Crippen LogP contribution in [-0.2, 0) is 17.8 Å². The average molecular weight is 360 g/mol. The molecular weight excluding hydrogens is 343 g/mol. The Morgan fingerprint density at radius 1 is 1.40 bits per heavy atom. The van der Waals surface area contributed by atoms with Crippen LogP contribution in [0, 0.1) is 19.7 Å². The van der Waals surface area contributed by atoms with Gasteiger partial charge in [0.05, 0.1) is 11.6 Å². The molecule has 1 N–H and O–H groups in total. The Morgan fingerprint density at radius 2 is 2.24 bits per heavy atom. The van der Waals surface area contributed by atoms with Gasteiger partial charge >= 0.3 is 0 Å². The van der Waals surface area contributed by atoms with Crippen molar-refractivity contribution in [1.29, 1.82) is 0 Å². The number of aryl methyl sites for hydroxylation is 2. The first-order valence-electron chi connectivity index (χ1n) is 7.71. The van der Waals surface area contributed by atoms with Crippen LogP contribution in [-0.4, -0.2) is 31.1 Å². The van der Waals surface area contributed by atoms with Crippen molar-refractivity contribution in [2.24, 2.45) is 0 Å². The van der Waals surface area contributed by atoms with Crippen molar-refractivity contribution in [3.63, 3.8) is 0 Å². The molecule has 0 spiro atoms. The summed E-state index contributed by atoms with van der Waals surface area (Å²) >= 11 is 1.53. The molecule has 3 rings (SSSR count). The van der Waals surface area contributed by atoms with Gasteiger partial charge in [-0.3, -0.25) is 4.79 Å². The Morgan fingerprint density at radius 3 is 2.88 bits per heavy atom. The van der Waals surface area contributed by atoms with Crippen LogP contribution in [0.4, 0.5) is 4.39 Å². The van der Waals surface area contributed by atoms with Gasteiger partial charge < -0.3 is 5.32 Å². The molecule has 1 aromatic carbocycles. The summed E-state index contributed by atoms with van der Waals surface area (Å²) in [5.74, 6) is -0.0545. The fourth-order valence-electron chi connectivity index (χ4n) is 2.48. The zero-order chi connectivity index (χ0) is 17.8. The van der Waals surface area contributed by atoms with E-state index in [0.717, 1.165) is 9.88 Å². The first-order valence-corrected chi connectivity index (χ1v) is 8.52. The number of thiazole rings is 1. The first kappa shape index (κ1) is 17.2. The van der Waals surface area contributed by atoms with E-state index < -0.39 is 6.04 Å². The van der Waals surface area contributed by atoms with Crippen LogP contribution in [0.3, 0.4) is 0 Å². The normalized spacial score (nSPS) is 12.1. The molecule has 1 atom stereocenters. The second-order valence-corrected chi connectivity index (χ2v) is 6.90. The molecule has 0 aliphatic rings. The summed E-state index contributed by atoms with van der Waals surface area (Å²) in [5.41, 5.74) is 0.698. The fourth-order valence-corrected chi connectivity index (χ4v) is 3.22. The first-order chi connectivity index (χ1) is 12.0. The highest BCUT2D eigenvalue weighted by Crippen LogP contribution is 2.17. The lowest BCUT2D eigenvalue weighted by Gasteiger charge is -2.17. The Balaban J connectivity index is 1.78.